The van der Waals surface area contributed by atoms with Gasteiger partial charge in [-0.15, -0.1) is 0 Å². The third kappa shape index (κ3) is 4.76. The molecule has 4 aromatic heterocycles. The van der Waals surface area contributed by atoms with Gasteiger partial charge in [0.25, 0.3) is 0 Å². The number of pyridine rings is 2. The molecule has 5 rings (SSSR count). The van der Waals surface area contributed by atoms with E-state index < -0.39 is 0 Å². The number of nitrogens with zero attached hydrogens (tertiary/aromatic N) is 4. The maximum Gasteiger partial charge on any atom is 0.181 e. The monoisotopic (exact) mass is 505 g/mol. The molecular formula is C30H28FN7. The molecule has 3 N–H and O–H groups in total. The first-order valence-electron chi connectivity index (χ1n) is 12.3. The zero-order valence-electron chi connectivity index (χ0n) is 21.5. The summed E-state index contributed by atoms with van der Waals surface area (Å²) in [6.45, 7) is 14.2. The third-order valence-electron chi connectivity index (χ3n) is 6.32. The van der Waals surface area contributed by atoms with Crippen molar-refractivity contribution >= 4 is 27.6 Å². The average molecular weight is 506 g/mol. The molecule has 7 nitrogen and oxygen atoms in total. The highest BCUT2D eigenvalue weighted by Crippen LogP contribution is 2.31. The van der Waals surface area contributed by atoms with Gasteiger partial charge in [-0.2, -0.15) is 5.10 Å². The van der Waals surface area contributed by atoms with Crippen molar-refractivity contribution in [3.63, 3.8) is 0 Å². The zero-order valence-corrected chi connectivity index (χ0v) is 21.5. The Kier molecular flexibility index (Phi) is 6.70. The van der Waals surface area contributed by atoms with E-state index in [1.54, 1.807) is 24.5 Å². The first kappa shape index (κ1) is 24.8. The largest absolute Gasteiger partial charge is 0.359 e. The van der Waals surface area contributed by atoms with Gasteiger partial charge in [0.1, 0.15) is 17.0 Å². The van der Waals surface area contributed by atoms with E-state index in [9.17, 15) is 4.39 Å². The molecule has 5 aromatic rings. The highest BCUT2D eigenvalue weighted by Gasteiger charge is 2.17. The lowest BCUT2D eigenvalue weighted by atomic mass is 10.0. The topological polar surface area (TPSA) is 95.2 Å². The summed E-state index contributed by atoms with van der Waals surface area (Å²) >= 11 is 0. The quantitative estimate of drug-likeness (QED) is 0.199. The zero-order chi connectivity index (χ0) is 26.8. The Hall–Kier alpha value is -4.85. The van der Waals surface area contributed by atoms with Crippen molar-refractivity contribution in [3.8, 4) is 22.8 Å². The van der Waals surface area contributed by atoms with Crippen LogP contribution in [0.5, 0.6) is 0 Å². The number of fused-ring (bicyclic) bond motifs is 2. The summed E-state index contributed by atoms with van der Waals surface area (Å²) < 4.78 is 13.9. The van der Waals surface area contributed by atoms with E-state index in [-0.39, 0.29) is 5.82 Å². The number of hydrogen-bond donors (Lipinski definition) is 3. The smallest absolute Gasteiger partial charge is 0.181 e. The Bertz CT molecular complexity index is 1740. The summed E-state index contributed by atoms with van der Waals surface area (Å²) in [5, 5.41) is 11.6. The van der Waals surface area contributed by atoms with Gasteiger partial charge < -0.3 is 10.3 Å². The fourth-order valence-corrected chi connectivity index (χ4v) is 4.12. The van der Waals surface area contributed by atoms with Gasteiger partial charge in [0.2, 0.25) is 0 Å². The van der Waals surface area contributed by atoms with Crippen molar-refractivity contribution in [2.75, 3.05) is 0 Å². The highest BCUT2D eigenvalue weighted by atomic mass is 19.1. The van der Waals surface area contributed by atoms with Gasteiger partial charge in [-0.05, 0) is 54.8 Å². The van der Waals surface area contributed by atoms with E-state index in [4.69, 9.17) is 4.98 Å². The normalized spacial score (nSPS) is 12.4. The Labute approximate surface area is 220 Å². The van der Waals surface area contributed by atoms with Crippen LogP contribution in [0.2, 0.25) is 0 Å². The van der Waals surface area contributed by atoms with Gasteiger partial charge in [0.05, 0.1) is 16.6 Å². The summed E-state index contributed by atoms with van der Waals surface area (Å²) in [4.78, 5) is 17.2. The molecular weight excluding hydrogens is 477 g/mol. The second kappa shape index (κ2) is 10.3. The second-order valence-electron chi connectivity index (χ2n) is 9.20. The molecule has 1 aromatic carbocycles. The van der Waals surface area contributed by atoms with E-state index in [2.05, 4.69) is 57.5 Å². The molecule has 0 amide bonds. The number of nitrogens with one attached hydrogen (secondary N) is 3. The molecule has 0 aliphatic heterocycles. The van der Waals surface area contributed by atoms with Crippen molar-refractivity contribution in [2.24, 2.45) is 5.92 Å². The van der Waals surface area contributed by atoms with Gasteiger partial charge >= 0.3 is 0 Å². The van der Waals surface area contributed by atoms with Gasteiger partial charge in [0, 0.05) is 34.9 Å². The van der Waals surface area contributed by atoms with Crippen LogP contribution >= 0.6 is 0 Å². The molecule has 190 valence electrons. The summed E-state index contributed by atoms with van der Waals surface area (Å²) in [5.41, 5.74) is 7.59. The number of H-pyrrole nitrogens is 2. The number of imidazole rings is 1. The molecule has 0 unspecified atom stereocenters. The molecule has 0 atom stereocenters. The molecule has 8 heteroatoms. The molecule has 0 saturated heterocycles. The van der Waals surface area contributed by atoms with E-state index in [1.165, 1.54) is 12.1 Å². The molecule has 0 fully saturated rings. The lowest BCUT2D eigenvalue weighted by molar-refractivity contribution is 0.628. The van der Waals surface area contributed by atoms with Crippen LogP contribution in [0.15, 0.2) is 91.6 Å². The Morgan fingerprint density at radius 3 is 2.74 bits per heavy atom. The summed E-state index contributed by atoms with van der Waals surface area (Å²) in [6.07, 6.45) is 9.27. The maximum atomic E-state index is 13.9. The number of rotatable bonds is 8. The summed E-state index contributed by atoms with van der Waals surface area (Å²) in [7, 11) is 0. The minimum atomic E-state index is -0.326. The lowest BCUT2D eigenvalue weighted by Gasteiger charge is -2.14. The standard InChI is InChI=1S/C30H28FN7/c1-6-19(14-23(7-2)34-18(5)17(3)4)21-15-24-27(37-38-29(24)33-16-21)30-35-25-11-12-32-26(28(25)36-30)20-9-8-10-22(31)13-20/h6-17,34H,2,5H2,1,3-4H3,(H,35,36)(H,33,37,38)/b19-6+,23-14+. The fourth-order valence-electron chi connectivity index (χ4n) is 4.12. The number of hydrogen-bond acceptors (Lipinski definition) is 5. The van der Waals surface area contributed by atoms with Gasteiger partial charge in [-0.3, -0.25) is 10.1 Å². The highest BCUT2D eigenvalue weighted by molar-refractivity contribution is 5.96. The first-order valence-corrected chi connectivity index (χ1v) is 12.3. The molecule has 0 aliphatic carbocycles. The van der Waals surface area contributed by atoms with Crippen molar-refractivity contribution in [3.05, 3.63) is 103 Å². The molecule has 0 saturated carbocycles. The number of aromatic amines is 2. The van der Waals surface area contributed by atoms with Crippen molar-refractivity contribution in [2.45, 2.75) is 20.8 Å². The van der Waals surface area contributed by atoms with Crippen molar-refractivity contribution in [1.82, 2.24) is 35.5 Å². The molecule has 4 heterocycles. The number of allylic oxidation sites excluding steroid dienone is 5. The van der Waals surface area contributed by atoms with Gasteiger partial charge in [-0.25, -0.2) is 14.4 Å². The predicted octanol–water partition coefficient (Wildman–Crippen LogP) is 6.93. The van der Waals surface area contributed by atoms with Crippen LogP contribution in [0.4, 0.5) is 4.39 Å². The number of benzene rings is 1. The van der Waals surface area contributed by atoms with Crippen molar-refractivity contribution in [1.29, 1.82) is 0 Å². The summed E-state index contributed by atoms with van der Waals surface area (Å²) in [6, 6.07) is 10.2. The van der Waals surface area contributed by atoms with Gasteiger partial charge in [-0.1, -0.05) is 45.2 Å². The lowest BCUT2D eigenvalue weighted by Crippen LogP contribution is -2.14. The van der Waals surface area contributed by atoms with Crippen LogP contribution in [-0.2, 0) is 0 Å². The fraction of sp³-hybridized carbons (Fsp3) is 0.133. The molecule has 38 heavy (non-hydrogen) atoms. The average Bonchev–Trinajstić information content (AvgIpc) is 3.54. The Morgan fingerprint density at radius 2 is 2.00 bits per heavy atom. The minimum absolute atomic E-state index is 0.291. The van der Waals surface area contributed by atoms with Crippen molar-refractivity contribution < 1.29 is 4.39 Å². The minimum Gasteiger partial charge on any atom is -0.359 e. The predicted molar refractivity (Wildman–Crippen MR) is 151 cm³/mol. The molecule has 0 bridgehead atoms. The van der Waals surface area contributed by atoms with Crippen LogP contribution in [0, 0.1) is 11.7 Å². The van der Waals surface area contributed by atoms with Gasteiger partial charge in [0.15, 0.2) is 11.5 Å². The molecule has 0 radical (unpaired) electrons. The third-order valence-corrected chi connectivity index (χ3v) is 6.32. The number of aromatic nitrogens is 6. The van der Waals surface area contributed by atoms with Crippen LogP contribution in [0.25, 0.3) is 50.4 Å². The van der Waals surface area contributed by atoms with Crippen LogP contribution < -0.4 is 5.32 Å². The van der Waals surface area contributed by atoms with Crippen LogP contribution in [0.1, 0.15) is 26.3 Å². The molecule has 0 aliphatic rings. The first-order chi connectivity index (χ1) is 18.4. The maximum absolute atomic E-state index is 13.9. The van der Waals surface area contributed by atoms with Crippen LogP contribution in [0.3, 0.4) is 0 Å². The SMILES string of the molecule is C=C/C(=C\C(=C/C)c1cnc2n[nH]c(-c3nc4c(-c5cccc(F)c5)nccc4[nH]3)c2c1)NC(=C)C(C)C. The Balaban J connectivity index is 1.56. The second-order valence-corrected chi connectivity index (χ2v) is 9.20. The van der Waals surface area contributed by atoms with E-state index in [0.717, 1.165) is 33.4 Å². The number of halogens is 1. The molecule has 0 spiro atoms. The van der Waals surface area contributed by atoms with E-state index >= 15 is 0 Å². The summed E-state index contributed by atoms with van der Waals surface area (Å²) in [5.74, 6) is 0.554. The van der Waals surface area contributed by atoms with E-state index in [1.807, 2.05) is 37.3 Å². The van der Waals surface area contributed by atoms with E-state index in [0.29, 0.717) is 39.9 Å². The van der Waals surface area contributed by atoms with Crippen LogP contribution in [-0.4, -0.2) is 30.1 Å². The Morgan fingerprint density at radius 1 is 1.16 bits per heavy atom.